The zero-order chi connectivity index (χ0) is 10.4. The molecule has 1 aromatic heterocycles. The van der Waals surface area contributed by atoms with Crippen LogP contribution >= 0.6 is 15.9 Å². The number of hydrogen-bond acceptors (Lipinski definition) is 3. The van der Waals surface area contributed by atoms with Gasteiger partial charge in [-0.3, -0.25) is 5.41 Å². The minimum Gasteiger partial charge on any atom is -0.311 e. The van der Waals surface area contributed by atoms with E-state index in [0.717, 1.165) is 6.34 Å². The fraction of sp³-hybridized carbons (Fsp3) is 0.250. The smallest absolute Gasteiger partial charge is 0.228 e. The standard InChI is InChI=1S/C8H10BrN5/c1-6(9)7(13-5-10)14-8-11-3-2-4-12-8/h2-6H,1H3,(H2,10,11,12,13,14). The number of alkyl halides is 1. The van der Waals surface area contributed by atoms with Gasteiger partial charge < -0.3 is 5.32 Å². The third-order valence-electron chi connectivity index (χ3n) is 1.39. The van der Waals surface area contributed by atoms with Crippen LogP contribution in [0.5, 0.6) is 0 Å². The molecule has 14 heavy (non-hydrogen) atoms. The second-order valence-electron chi connectivity index (χ2n) is 2.46. The molecule has 5 nitrogen and oxygen atoms in total. The zero-order valence-corrected chi connectivity index (χ0v) is 9.19. The number of aliphatic imine (C=N–C) groups is 1. The van der Waals surface area contributed by atoms with Crippen molar-refractivity contribution in [3.8, 4) is 0 Å². The highest BCUT2D eigenvalue weighted by atomic mass is 79.9. The Kier molecular flexibility index (Phi) is 4.18. The average Bonchev–Trinajstić information content (AvgIpc) is 2.18. The van der Waals surface area contributed by atoms with Gasteiger partial charge in [0.2, 0.25) is 5.95 Å². The Morgan fingerprint density at radius 1 is 1.64 bits per heavy atom. The van der Waals surface area contributed by atoms with Crippen LogP contribution in [0.15, 0.2) is 23.5 Å². The van der Waals surface area contributed by atoms with Gasteiger partial charge in [0.15, 0.2) is 0 Å². The maximum Gasteiger partial charge on any atom is 0.228 e. The summed E-state index contributed by atoms with van der Waals surface area (Å²) in [4.78, 5) is 11.8. The number of rotatable bonds is 3. The van der Waals surface area contributed by atoms with Crippen molar-refractivity contribution in [2.45, 2.75) is 11.8 Å². The van der Waals surface area contributed by atoms with Gasteiger partial charge in [-0.1, -0.05) is 15.9 Å². The molecule has 0 fully saturated rings. The minimum absolute atomic E-state index is 0.0212. The largest absolute Gasteiger partial charge is 0.311 e. The van der Waals surface area contributed by atoms with E-state index in [9.17, 15) is 0 Å². The first kappa shape index (κ1) is 10.8. The van der Waals surface area contributed by atoms with Gasteiger partial charge in [0.1, 0.15) is 12.2 Å². The summed E-state index contributed by atoms with van der Waals surface area (Å²) in [6, 6.07) is 1.73. The van der Waals surface area contributed by atoms with Gasteiger partial charge in [-0.25, -0.2) is 15.0 Å². The van der Waals surface area contributed by atoms with E-state index in [1.807, 2.05) is 6.92 Å². The van der Waals surface area contributed by atoms with Crippen molar-refractivity contribution in [3.63, 3.8) is 0 Å². The molecule has 1 rings (SSSR count). The SMILES string of the molecule is CC(Br)/C(=N/C=N)Nc1ncccn1. The molecule has 0 aliphatic rings. The highest BCUT2D eigenvalue weighted by Crippen LogP contribution is 2.03. The minimum atomic E-state index is 0.0212. The van der Waals surface area contributed by atoms with E-state index in [1.165, 1.54) is 0 Å². The van der Waals surface area contributed by atoms with Crippen molar-refractivity contribution < 1.29 is 0 Å². The lowest BCUT2D eigenvalue weighted by Crippen LogP contribution is -2.22. The molecule has 0 aliphatic carbocycles. The van der Waals surface area contributed by atoms with Gasteiger partial charge in [-0.15, -0.1) is 0 Å². The monoisotopic (exact) mass is 255 g/mol. The van der Waals surface area contributed by atoms with Crippen LogP contribution in [-0.2, 0) is 0 Å². The fourth-order valence-corrected chi connectivity index (χ4v) is 1.01. The van der Waals surface area contributed by atoms with E-state index < -0.39 is 0 Å². The normalized spacial score (nSPS) is 13.4. The fourth-order valence-electron chi connectivity index (χ4n) is 0.782. The number of hydrogen-bond donors (Lipinski definition) is 2. The number of halogens is 1. The van der Waals surface area contributed by atoms with Crippen molar-refractivity contribution >= 4 is 34.1 Å². The van der Waals surface area contributed by atoms with Crippen molar-refractivity contribution in [2.24, 2.45) is 4.99 Å². The molecule has 0 radical (unpaired) electrons. The second-order valence-corrected chi connectivity index (χ2v) is 3.83. The molecule has 0 saturated carbocycles. The second kappa shape index (κ2) is 5.43. The first-order valence-corrected chi connectivity index (χ1v) is 4.90. The molecule has 74 valence electrons. The highest BCUT2D eigenvalue weighted by Gasteiger charge is 2.07. The Hall–Kier alpha value is -1.30. The number of amidine groups is 1. The van der Waals surface area contributed by atoms with Gasteiger partial charge in [0.05, 0.1) is 4.83 Å². The summed E-state index contributed by atoms with van der Waals surface area (Å²) in [7, 11) is 0. The molecule has 0 aromatic carbocycles. The molecule has 2 N–H and O–H groups in total. The van der Waals surface area contributed by atoms with Crippen LogP contribution in [0.3, 0.4) is 0 Å². The van der Waals surface area contributed by atoms with E-state index in [4.69, 9.17) is 5.41 Å². The maximum absolute atomic E-state index is 6.88. The molecule has 0 saturated heterocycles. The van der Waals surface area contributed by atoms with Crippen LogP contribution in [0.2, 0.25) is 0 Å². The van der Waals surface area contributed by atoms with Crippen LogP contribution in [0.25, 0.3) is 0 Å². The summed E-state index contributed by atoms with van der Waals surface area (Å²) in [5, 5.41) is 9.79. The van der Waals surface area contributed by atoms with Gasteiger partial charge in [-0.05, 0) is 13.0 Å². The zero-order valence-electron chi connectivity index (χ0n) is 7.61. The molecule has 1 unspecified atom stereocenters. The highest BCUT2D eigenvalue weighted by molar-refractivity contribution is 9.10. The third-order valence-corrected chi connectivity index (χ3v) is 1.82. The van der Waals surface area contributed by atoms with Gasteiger partial charge in [-0.2, -0.15) is 0 Å². The topological polar surface area (TPSA) is 74.0 Å². The Morgan fingerprint density at radius 2 is 2.29 bits per heavy atom. The van der Waals surface area contributed by atoms with Crippen LogP contribution in [0.1, 0.15) is 6.92 Å². The summed E-state index contributed by atoms with van der Waals surface area (Å²) in [6.07, 6.45) is 4.25. The summed E-state index contributed by atoms with van der Waals surface area (Å²) in [6.45, 7) is 1.90. The molecule has 6 heteroatoms. The number of nitrogens with zero attached hydrogens (tertiary/aromatic N) is 3. The van der Waals surface area contributed by atoms with E-state index in [0.29, 0.717) is 11.8 Å². The Balaban J connectivity index is 2.75. The van der Waals surface area contributed by atoms with Crippen molar-refractivity contribution in [1.82, 2.24) is 9.97 Å². The number of nitrogens with one attached hydrogen (secondary N) is 2. The van der Waals surface area contributed by atoms with E-state index in [1.54, 1.807) is 18.5 Å². The lowest BCUT2D eigenvalue weighted by molar-refractivity contribution is 1.16. The average molecular weight is 256 g/mol. The van der Waals surface area contributed by atoms with E-state index in [2.05, 4.69) is 36.2 Å². The lowest BCUT2D eigenvalue weighted by Gasteiger charge is -2.08. The van der Waals surface area contributed by atoms with Crippen molar-refractivity contribution in [2.75, 3.05) is 5.32 Å². The molecule has 0 aliphatic heterocycles. The lowest BCUT2D eigenvalue weighted by atomic mass is 10.4. The molecule has 1 heterocycles. The molecule has 0 amide bonds. The summed E-state index contributed by atoms with van der Waals surface area (Å²) in [5.41, 5.74) is 0. The molecule has 1 atom stereocenters. The molecular formula is C8H10BrN5. The Bertz CT molecular complexity index is 322. The van der Waals surface area contributed by atoms with Gasteiger partial charge >= 0.3 is 0 Å². The maximum atomic E-state index is 6.88. The predicted molar refractivity (Wildman–Crippen MR) is 60.3 cm³/mol. The van der Waals surface area contributed by atoms with Crippen LogP contribution in [0, 0.1) is 5.41 Å². The summed E-state index contributed by atoms with van der Waals surface area (Å²) in [5.74, 6) is 1.07. The number of aromatic nitrogens is 2. The van der Waals surface area contributed by atoms with Crippen LogP contribution in [0.4, 0.5) is 5.95 Å². The Morgan fingerprint density at radius 3 is 2.79 bits per heavy atom. The summed E-state index contributed by atoms with van der Waals surface area (Å²) < 4.78 is 0. The van der Waals surface area contributed by atoms with E-state index >= 15 is 0 Å². The van der Waals surface area contributed by atoms with Gasteiger partial charge in [0, 0.05) is 12.4 Å². The van der Waals surface area contributed by atoms with Crippen LogP contribution in [-0.4, -0.2) is 27.0 Å². The summed E-state index contributed by atoms with van der Waals surface area (Å²) >= 11 is 3.35. The molecular weight excluding hydrogens is 246 g/mol. The quantitative estimate of drug-likeness (QED) is 0.491. The van der Waals surface area contributed by atoms with E-state index in [-0.39, 0.29) is 4.83 Å². The third kappa shape index (κ3) is 3.21. The molecule has 0 bridgehead atoms. The first-order valence-electron chi connectivity index (χ1n) is 3.99. The van der Waals surface area contributed by atoms with Crippen molar-refractivity contribution in [3.05, 3.63) is 18.5 Å². The predicted octanol–water partition coefficient (Wildman–Crippen LogP) is 1.68. The first-order chi connectivity index (χ1) is 6.74. The molecule has 1 aromatic rings. The van der Waals surface area contributed by atoms with Crippen molar-refractivity contribution in [1.29, 1.82) is 5.41 Å². The van der Waals surface area contributed by atoms with Crippen LogP contribution < -0.4 is 5.32 Å². The van der Waals surface area contributed by atoms with Gasteiger partial charge in [0.25, 0.3) is 0 Å². The molecule has 0 spiro atoms. The number of anilines is 1. The Labute approximate surface area is 90.3 Å².